The number of benzene rings is 2. The summed E-state index contributed by atoms with van der Waals surface area (Å²) in [7, 11) is 1.56. The van der Waals surface area contributed by atoms with E-state index in [9.17, 15) is 14.0 Å². The third-order valence-electron chi connectivity index (χ3n) is 6.51. The molecule has 2 aromatic carbocycles. The number of nitrogens with zero attached hydrogens (tertiary/aromatic N) is 2. The van der Waals surface area contributed by atoms with Crippen molar-refractivity contribution in [3.63, 3.8) is 0 Å². The molecule has 36 heavy (non-hydrogen) atoms. The zero-order chi connectivity index (χ0) is 26.0. The molecular formula is C27H28Cl2FN3O3. The molecular weight excluding hydrogens is 504 g/mol. The van der Waals surface area contributed by atoms with Crippen molar-refractivity contribution < 1.29 is 18.7 Å². The number of rotatable bonds is 6. The number of aromatic nitrogens is 2. The average Bonchev–Trinajstić information content (AvgIpc) is 3.26. The Bertz CT molecular complexity index is 1320. The van der Waals surface area contributed by atoms with E-state index in [1.807, 2.05) is 4.57 Å². The maximum absolute atomic E-state index is 14.1. The summed E-state index contributed by atoms with van der Waals surface area (Å²) >= 11 is 12.7. The Morgan fingerprint density at radius 3 is 2.53 bits per heavy atom. The summed E-state index contributed by atoms with van der Waals surface area (Å²) in [6.45, 7) is 3.68. The molecule has 4 rings (SSSR count). The number of carbonyl (C=O) groups excluding carboxylic acids is 2. The summed E-state index contributed by atoms with van der Waals surface area (Å²) in [6, 6.07) is 7.64. The van der Waals surface area contributed by atoms with Gasteiger partial charge in [-0.05, 0) is 62.6 Å². The molecule has 190 valence electrons. The van der Waals surface area contributed by atoms with Crippen LogP contribution in [0.2, 0.25) is 10.0 Å². The maximum Gasteiger partial charge on any atom is 0.359 e. The lowest BCUT2D eigenvalue weighted by Gasteiger charge is -2.24. The molecule has 0 bridgehead atoms. The molecule has 6 nitrogen and oxygen atoms in total. The lowest BCUT2D eigenvalue weighted by atomic mass is 9.88. The van der Waals surface area contributed by atoms with Crippen LogP contribution in [0.5, 0.6) is 0 Å². The molecule has 0 aliphatic heterocycles. The van der Waals surface area contributed by atoms with E-state index in [4.69, 9.17) is 32.9 Å². The molecule has 1 fully saturated rings. The number of carbonyl (C=O) groups is 2. The number of nitrogens with one attached hydrogen (secondary N) is 1. The van der Waals surface area contributed by atoms with Gasteiger partial charge in [0, 0.05) is 23.6 Å². The number of esters is 1. The highest BCUT2D eigenvalue weighted by Crippen LogP contribution is 2.40. The van der Waals surface area contributed by atoms with Gasteiger partial charge in [-0.1, -0.05) is 42.5 Å². The first kappa shape index (κ1) is 26.2. The molecule has 3 aromatic rings. The standard InChI is InChI=1S/C27H28Cl2FN3O3/c1-4-36-27(35)23-24(17-10-11-20(30)19(29)13-17)33(25(32-23)16-8-6-5-7-9-16)21-14-18(28)12-15(2)22(21)26(34)31-3/h10-14,16H,4-9H2,1-3H3,(H,31,34). The molecule has 1 heterocycles. The van der Waals surface area contributed by atoms with E-state index in [1.54, 1.807) is 39.1 Å². The third-order valence-corrected chi connectivity index (χ3v) is 7.02. The van der Waals surface area contributed by atoms with Crippen molar-refractivity contribution >= 4 is 35.1 Å². The van der Waals surface area contributed by atoms with Gasteiger partial charge >= 0.3 is 5.97 Å². The Hall–Kier alpha value is -2.90. The molecule has 0 unspecified atom stereocenters. The second kappa shape index (κ2) is 11.0. The number of hydrogen-bond donors (Lipinski definition) is 1. The van der Waals surface area contributed by atoms with Crippen LogP contribution in [0, 0.1) is 12.7 Å². The van der Waals surface area contributed by atoms with Crippen LogP contribution in [0.4, 0.5) is 4.39 Å². The highest BCUT2D eigenvalue weighted by atomic mass is 35.5. The van der Waals surface area contributed by atoms with Crippen molar-refractivity contribution in [1.29, 1.82) is 0 Å². The van der Waals surface area contributed by atoms with Gasteiger partial charge in [-0.2, -0.15) is 0 Å². The minimum atomic E-state index is -0.607. The minimum absolute atomic E-state index is 0.0495. The summed E-state index contributed by atoms with van der Waals surface area (Å²) in [4.78, 5) is 31.1. The summed E-state index contributed by atoms with van der Waals surface area (Å²) in [6.07, 6.45) is 4.96. The molecule has 1 aromatic heterocycles. The van der Waals surface area contributed by atoms with Crippen LogP contribution in [0.1, 0.15) is 77.2 Å². The van der Waals surface area contributed by atoms with Gasteiger partial charge in [-0.3, -0.25) is 9.36 Å². The topological polar surface area (TPSA) is 73.2 Å². The SMILES string of the molecule is CCOC(=O)c1nc(C2CCCCC2)n(-c2cc(Cl)cc(C)c2C(=O)NC)c1-c1ccc(F)c(Cl)c1. The first-order chi connectivity index (χ1) is 17.3. The van der Waals surface area contributed by atoms with Crippen molar-refractivity contribution in [3.05, 3.63) is 68.8 Å². The monoisotopic (exact) mass is 531 g/mol. The minimum Gasteiger partial charge on any atom is -0.461 e. The fourth-order valence-corrected chi connectivity index (χ4v) is 5.34. The van der Waals surface area contributed by atoms with Crippen LogP contribution < -0.4 is 5.32 Å². The van der Waals surface area contributed by atoms with Crippen molar-refractivity contribution in [2.45, 2.75) is 51.9 Å². The predicted octanol–water partition coefficient (Wildman–Crippen LogP) is 6.88. The molecule has 1 aliphatic rings. The van der Waals surface area contributed by atoms with Crippen molar-refractivity contribution in [1.82, 2.24) is 14.9 Å². The maximum atomic E-state index is 14.1. The number of hydrogen-bond acceptors (Lipinski definition) is 4. The van der Waals surface area contributed by atoms with Gasteiger partial charge in [0.1, 0.15) is 11.6 Å². The molecule has 1 saturated carbocycles. The summed E-state index contributed by atoms with van der Waals surface area (Å²) in [5.74, 6) is -0.804. The van der Waals surface area contributed by atoms with Crippen LogP contribution in [0.15, 0.2) is 30.3 Å². The zero-order valence-electron chi connectivity index (χ0n) is 20.5. The third kappa shape index (κ3) is 5.00. The number of amides is 1. The van der Waals surface area contributed by atoms with Crippen LogP contribution >= 0.6 is 23.2 Å². The smallest absolute Gasteiger partial charge is 0.359 e. The molecule has 0 radical (unpaired) electrons. The van der Waals surface area contributed by atoms with Crippen LogP contribution in [-0.2, 0) is 4.74 Å². The van der Waals surface area contributed by atoms with Crippen LogP contribution in [0.3, 0.4) is 0 Å². The van der Waals surface area contributed by atoms with E-state index in [0.717, 1.165) is 32.1 Å². The normalized spacial score (nSPS) is 14.1. The van der Waals surface area contributed by atoms with Crippen LogP contribution in [0.25, 0.3) is 16.9 Å². The summed E-state index contributed by atoms with van der Waals surface area (Å²) in [5.41, 5.74) is 2.49. The van der Waals surface area contributed by atoms with E-state index in [1.165, 1.54) is 12.1 Å². The van der Waals surface area contributed by atoms with Gasteiger partial charge in [0.05, 0.1) is 28.6 Å². The van der Waals surface area contributed by atoms with Crippen molar-refractivity contribution in [2.75, 3.05) is 13.7 Å². The van der Waals surface area contributed by atoms with Crippen LogP contribution in [-0.4, -0.2) is 35.1 Å². The van der Waals surface area contributed by atoms with Gasteiger partial charge in [0.15, 0.2) is 5.69 Å². The van der Waals surface area contributed by atoms with E-state index < -0.39 is 11.8 Å². The lowest BCUT2D eigenvalue weighted by molar-refractivity contribution is 0.0520. The second-order valence-electron chi connectivity index (χ2n) is 8.88. The Kier molecular flexibility index (Phi) is 8.00. The molecule has 1 aliphatic carbocycles. The molecule has 0 spiro atoms. The Labute approximate surface area is 219 Å². The van der Waals surface area contributed by atoms with E-state index in [2.05, 4.69) is 5.32 Å². The molecule has 0 atom stereocenters. The fourth-order valence-electron chi connectivity index (χ4n) is 4.89. The molecule has 1 amide bonds. The number of halogens is 3. The van der Waals surface area contributed by atoms with Gasteiger partial charge < -0.3 is 10.1 Å². The first-order valence-corrected chi connectivity index (χ1v) is 12.8. The second-order valence-corrected chi connectivity index (χ2v) is 9.73. The van der Waals surface area contributed by atoms with Gasteiger partial charge in [0.25, 0.3) is 5.91 Å². The van der Waals surface area contributed by atoms with Gasteiger partial charge in [0.2, 0.25) is 0 Å². The van der Waals surface area contributed by atoms with Gasteiger partial charge in [-0.15, -0.1) is 0 Å². The molecule has 1 N–H and O–H groups in total. The summed E-state index contributed by atoms with van der Waals surface area (Å²) < 4.78 is 21.3. The van der Waals surface area contributed by atoms with E-state index >= 15 is 0 Å². The Balaban J connectivity index is 2.13. The zero-order valence-corrected chi connectivity index (χ0v) is 22.0. The Morgan fingerprint density at radius 1 is 1.17 bits per heavy atom. The first-order valence-electron chi connectivity index (χ1n) is 12.0. The average molecular weight is 532 g/mol. The largest absolute Gasteiger partial charge is 0.461 e. The van der Waals surface area contributed by atoms with Gasteiger partial charge in [-0.25, -0.2) is 14.2 Å². The number of aryl methyl sites for hydroxylation is 1. The van der Waals surface area contributed by atoms with E-state index in [0.29, 0.717) is 38.9 Å². The highest BCUT2D eigenvalue weighted by molar-refractivity contribution is 6.31. The highest BCUT2D eigenvalue weighted by Gasteiger charge is 2.32. The summed E-state index contributed by atoms with van der Waals surface area (Å²) in [5, 5.41) is 3.03. The quantitative estimate of drug-likeness (QED) is 0.352. The van der Waals surface area contributed by atoms with E-state index in [-0.39, 0.29) is 29.1 Å². The lowest BCUT2D eigenvalue weighted by Crippen LogP contribution is -2.23. The Morgan fingerprint density at radius 2 is 1.89 bits per heavy atom. The number of ether oxygens (including phenoxy) is 1. The van der Waals surface area contributed by atoms with Crippen molar-refractivity contribution in [3.8, 4) is 16.9 Å². The number of imidazole rings is 1. The van der Waals surface area contributed by atoms with Crippen molar-refractivity contribution in [2.24, 2.45) is 0 Å². The predicted molar refractivity (Wildman–Crippen MR) is 139 cm³/mol. The fraction of sp³-hybridized carbons (Fsp3) is 0.370. The molecule has 0 saturated heterocycles. The molecule has 9 heteroatoms.